The zero-order valence-electron chi connectivity index (χ0n) is 63.9. The summed E-state index contributed by atoms with van der Waals surface area (Å²) in [6.07, 6.45) is 0. The molecule has 0 aliphatic heterocycles. The van der Waals surface area contributed by atoms with Crippen LogP contribution in [0.15, 0.2) is 148 Å². The first-order chi connectivity index (χ1) is 52.7. The maximum Gasteiger partial charge on any atom is 0.266 e. The minimum atomic E-state index is -0.555. The van der Waals surface area contributed by atoms with Crippen LogP contribution in [-0.4, -0.2) is 18.3 Å². The third-order valence-electron chi connectivity index (χ3n) is 25.7. The summed E-state index contributed by atoms with van der Waals surface area (Å²) in [5, 5.41) is 15.6. The van der Waals surface area contributed by atoms with Crippen molar-refractivity contribution >= 4 is 203 Å². The summed E-state index contributed by atoms with van der Waals surface area (Å²) < 4.78 is 8.62. The third kappa shape index (κ3) is 7.45. The quantitative estimate of drug-likeness (QED) is 0.0864. The highest BCUT2D eigenvalue weighted by Gasteiger charge is 2.40. The van der Waals surface area contributed by atoms with E-state index in [1.54, 1.807) is 0 Å². The molecule has 0 saturated carbocycles. The third-order valence-corrected chi connectivity index (χ3v) is 27.9. The van der Waals surface area contributed by atoms with Gasteiger partial charge in [-0.1, -0.05) is 184 Å². The van der Waals surface area contributed by atoms with Gasteiger partial charge in [-0.05, 0) is 150 Å². The number of thiophene rings is 2. The van der Waals surface area contributed by atoms with E-state index in [4.69, 9.17) is 0 Å². The van der Waals surface area contributed by atoms with E-state index in [9.17, 15) is 0 Å². The second-order valence-electron chi connectivity index (χ2n) is 34.2. The molecule has 538 valence electrons. The lowest BCUT2D eigenvalue weighted by atomic mass is 9.73. The van der Waals surface area contributed by atoms with Crippen LogP contribution in [-0.2, 0) is 0 Å². The van der Waals surface area contributed by atoms with Gasteiger partial charge in [-0.15, -0.1) is 22.7 Å². The minimum absolute atomic E-state index is 0.107. The molecule has 0 saturated heterocycles. The van der Waals surface area contributed by atoms with Gasteiger partial charge in [-0.3, -0.25) is 38.4 Å². The van der Waals surface area contributed by atoms with Gasteiger partial charge in [-0.25, -0.2) is 18.3 Å². The van der Waals surface area contributed by atoms with Crippen molar-refractivity contribution in [1.82, 2.24) is 18.3 Å². The lowest BCUT2D eigenvalue weighted by Crippen LogP contribution is -2.34. The lowest BCUT2D eigenvalue weighted by molar-refractivity contribution is 0.792. The number of aromatic nitrogens is 4. The van der Waals surface area contributed by atoms with Crippen molar-refractivity contribution in [3.8, 4) is 22.7 Å². The SMILES string of the molecule is CC(C)c1cccc(C(C)C)c1-n1c(=O)c2cc3sc4cc5c(=O)n(-c6c(C(C)C)cccc6C(C)C)c(=O)c6c5c5c4c3c3c2c(cc2c4c7c(=O)n(-c8c(C(C)C)cccc8C(C)C)c(=O)c8cc9sc%10cc%11c(=O)n(-c%12c(C(C)C)cccc%12C(C)C)c(=O)c%12cc%13c6c(c4c4c%13c(c%11%12)c%10c9c4c87)c5c23)c1=O. The van der Waals surface area contributed by atoms with E-state index in [1.165, 1.54) is 40.9 Å². The Morgan fingerprint density at radius 2 is 0.364 bits per heavy atom. The molecule has 0 spiro atoms. The number of benzene rings is 16. The van der Waals surface area contributed by atoms with E-state index >= 15 is 38.4 Å². The molecule has 0 unspecified atom stereocenters. The van der Waals surface area contributed by atoms with E-state index < -0.39 is 44.5 Å². The average molecular weight is 1480 g/mol. The molecular formula is C96H74N4O8S2. The minimum Gasteiger partial charge on any atom is -0.268 e. The molecule has 0 fully saturated rings. The summed E-state index contributed by atoms with van der Waals surface area (Å²) in [6, 6.07) is 35.6. The highest BCUT2D eigenvalue weighted by Crippen LogP contribution is 2.63. The Morgan fingerprint density at radius 3 is 0.591 bits per heavy atom. The molecule has 0 radical (unpaired) electrons. The number of nitrogens with zero attached hydrogens (tertiary/aromatic N) is 4. The maximum atomic E-state index is 17.9. The Morgan fingerprint density at radius 1 is 0.191 bits per heavy atom. The summed E-state index contributed by atoms with van der Waals surface area (Å²) >= 11 is 2.94. The van der Waals surface area contributed by atoms with Gasteiger partial charge in [0, 0.05) is 127 Å². The fraction of sp³-hybridized carbons (Fsp3) is 0.250. The molecule has 110 heavy (non-hydrogen) atoms. The fourth-order valence-electron chi connectivity index (χ4n) is 21.2. The van der Waals surface area contributed by atoms with Crippen LogP contribution in [0.4, 0.5) is 0 Å². The molecule has 0 N–H and O–H groups in total. The van der Waals surface area contributed by atoms with Crippen molar-refractivity contribution in [2.24, 2.45) is 0 Å². The zero-order valence-corrected chi connectivity index (χ0v) is 65.5. The Kier molecular flexibility index (Phi) is 12.8. The van der Waals surface area contributed by atoms with Gasteiger partial charge in [-0.2, -0.15) is 0 Å². The highest BCUT2D eigenvalue weighted by atomic mass is 32.1. The molecule has 0 bridgehead atoms. The van der Waals surface area contributed by atoms with Crippen LogP contribution in [0.2, 0.25) is 0 Å². The van der Waals surface area contributed by atoms with Gasteiger partial charge >= 0.3 is 0 Å². The second kappa shape index (κ2) is 21.4. The van der Waals surface area contributed by atoms with Gasteiger partial charge in [0.25, 0.3) is 44.5 Å². The van der Waals surface area contributed by atoms with Gasteiger partial charge in [0.1, 0.15) is 0 Å². The summed E-state index contributed by atoms with van der Waals surface area (Å²) in [5.41, 5.74) is 4.58. The van der Waals surface area contributed by atoms with Crippen LogP contribution in [0.1, 0.15) is 203 Å². The summed E-state index contributed by atoms with van der Waals surface area (Å²) in [4.78, 5) is 137. The van der Waals surface area contributed by atoms with Gasteiger partial charge in [0.05, 0.1) is 55.1 Å². The molecule has 0 atom stereocenters. The molecule has 6 aromatic heterocycles. The number of pyridine rings is 4. The van der Waals surface area contributed by atoms with Crippen LogP contribution in [0, 0.1) is 0 Å². The van der Waals surface area contributed by atoms with E-state index in [1.807, 2.05) is 109 Å². The van der Waals surface area contributed by atoms with Gasteiger partial charge in [0.2, 0.25) is 0 Å². The van der Waals surface area contributed by atoms with E-state index in [0.29, 0.717) is 141 Å². The van der Waals surface area contributed by atoms with Gasteiger partial charge in [0.15, 0.2) is 0 Å². The number of rotatable bonds is 12. The molecule has 0 amide bonds. The summed E-state index contributed by atoms with van der Waals surface area (Å²) in [7, 11) is 0. The fourth-order valence-corrected chi connectivity index (χ4v) is 23.6. The Labute approximate surface area is 634 Å². The summed E-state index contributed by atoms with van der Waals surface area (Å²) in [6.45, 7) is 33.2. The number of fused-ring (bicyclic) bond motifs is 4. The first kappa shape index (κ1) is 65.7. The van der Waals surface area contributed by atoms with Crippen LogP contribution < -0.4 is 44.5 Å². The Balaban J connectivity index is 1.12. The molecule has 0 aliphatic carbocycles. The summed E-state index contributed by atoms with van der Waals surface area (Å²) in [5.74, 6) is -1.03. The van der Waals surface area contributed by atoms with E-state index in [0.717, 1.165) is 84.9 Å². The van der Waals surface area contributed by atoms with Crippen LogP contribution >= 0.6 is 22.7 Å². The van der Waals surface area contributed by atoms with Crippen molar-refractivity contribution in [2.45, 2.75) is 158 Å². The molecule has 16 aromatic carbocycles. The van der Waals surface area contributed by atoms with Crippen molar-refractivity contribution in [3.05, 3.63) is 237 Å². The molecule has 0 aliphatic rings. The van der Waals surface area contributed by atoms with E-state index in [-0.39, 0.29) is 68.9 Å². The predicted molar refractivity (Wildman–Crippen MR) is 463 cm³/mol. The number of hydrogen-bond donors (Lipinski definition) is 0. The van der Waals surface area contributed by atoms with Crippen LogP contribution in [0.3, 0.4) is 0 Å². The van der Waals surface area contributed by atoms with Crippen LogP contribution in [0.5, 0.6) is 0 Å². The topological polar surface area (TPSA) is 156 Å². The smallest absolute Gasteiger partial charge is 0.266 e. The standard InChI is InChI=1S/C96H74N4O8S2/c1-35(2)43-21-17-22-44(36(3)4)85(43)97-89(101)53-29-51-65-75-63(53)55(91(97)103)31-59-71(75)73-61(109-59)33-57-70-77(73)79(65)82-68(84(70)96(108)100(93(57)105)88-49(41(13)14)27-20-28-50(88)42(15)16)52-30-54-64-56(92(104)98(90(54)102)86-45(37(5)6)23-18-24-46(86)38(7)8)32-60-72-74-62(110-60)34-58-69-78(74)80(66(52)76(64)72)81(82)67(51)83(69)95(107)99(94(58)106)87-47(39(9)10)25-19-26-48(87)40(11)12/h17-42H,1-16H3. The normalized spacial score (nSPS) is 13.5. The number of hydrogen-bond acceptors (Lipinski definition) is 10. The van der Waals surface area contributed by atoms with Crippen molar-refractivity contribution < 1.29 is 0 Å². The van der Waals surface area contributed by atoms with Gasteiger partial charge < -0.3 is 0 Å². The highest BCUT2D eigenvalue weighted by molar-refractivity contribution is 7.27. The first-order valence-corrected chi connectivity index (χ1v) is 40.5. The lowest BCUT2D eigenvalue weighted by Gasteiger charge is -2.29. The Hall–Kier alpha value is -11.3. The molecule has 22 aromatic rings. The van der Waals surface area contributed by atoms with Crippen molar-refractivity contribution in [2.75, 3.05) is 0 Å². The first-order valence-electron chi connectivity index (χ1n) is 38.9. The molecule has 6 heterocycles. The van der Waals surface area contributed by atoms with E-state index in [2.05, 4.69) is 111 Å². The number of para-hydroxylation sites is 4. The zero-order chi connectivity index (χ0) is 76.2. The molecule has 22 rings (SSSR count). The second-order valence-corrected chi connectivity index (χ2v) is 36.4. The Bertz CT molecular complexity index is 7830. The maximum absolute atomic E-state index is 17.9. The average Bonchev–Trinajstić information content (AvgIpc) is 1.11. The molecule has 14 heteroatoms. The van der Waals surface area contributed by atoms with Crippen LogP contribution in [0.25, 0.3) is 203 Å². The predicted octanol–water partition coefficient (Wildman–Crippen LogP) is 22.3. The largest absolute Gasteiger partial charge is 0.268 e. The molecular weight excluding hydrogens is 1400 g/mol. The van der Waals surface area contributed by atoms with Crippen molar-refractivity contribution in [3.63, 3.8) is 0 Å². The monoisotopic (exact) mass is 1470 g/mol. The molecule has 12 nitrogen and oxygen atoms in total. The van der Waals surface area contributed by atoms with Crippen molar-refractivity contribution in [1.29, 1.82) is 0 Å².